The van der Waals surface area contributed by atoms with Crippen LogP contribution in [0.25, 0.3) is 0 Å². The van der Waals surface area contributed by atoms with Crippen LogP contribution in [0.5, 0.6) is 11.5 Å². The summed E-state index contributed by atoms with van der Waals surface area (Å²) in [5, 5.41) is 13.0. The Morgan fingerprint density at radius 2 is 1.96 bits per heavy atom. The summed E-state index contributed by atoms with van der Waals surface area (Å²) in [6, 6.07) is 15.1. The van der Waals surface area contributed by atoms with Crippen LogP contribution in [-0.2, 0) is 11.3 Å². The minimum absolute atomic E-state index is 0.0666. The summed E-state index contributed by atoms with van der Waals surface area (Å²) >= 11 is 1.41. The van der Waals surface area contributed by atoms with Gasteiger partial charge in [-0.15, -0.1) is 11.8 Å². The van der Waals surface area contributed by atoms with Gasteiger partial charge in [0.1, 0.15) is 0 Å². The number of benzene rings is 2. The molecule has 0 heterocycles. The van der Waals surface area contributed by atoms with Crippen LogP contribution in [-0.4, -0.2) is 36.2 Å². The zero-order valence-corrected chi connectivity index (χ0v) is 15.9. The van der Waals surface area contributed by atoms with Gasteiger partial charge in [0.25, 0.3) is 0 Å². The fraction of sp³-hybridized carbons (Fsp3) is 0.350. The Balaban J connectivity index is 1.75. The molecule has 140 valence electrons. The number of amides is 1. The lowest BCUT2D eigenvalue weighted by Gasteiger charge is -2.12. The first-order chi connectivity index (χ1) is 12.6. The maximum absolute atomic E-state index is 12.0. The van der Waals surface area contributed by atoms with Crippen molar-refractivity contribution in [1.29, 1.82) is 0 Å². The van der Waals surface area contributed by atoms with Crippen molar-refractivity contribution in [2.45, 2.75) is 19.6 Å². The predicted octanol–water partition coefficient (Wildman–Crippen LogP) is 3.18. The molecule has 1 atom stereocenters. The number of thioether (sulfide) groups is 1. The average Bonchev–Trinajstić information content (AvgIpc) is 2.68. The van der Waals surface area contributed by atoms with Gasteiger partial charge in [-0.1, -0.05) is 36.4 Å². The van der Waals surface area contributed by atoms with Gasteiger partial charge in [0.15, 0.2) is 11.5 Å². The van der Waals surface area contributed by atoms with E-state index in [9.17, 15) is 9.90 Å². The highest BCUT2D eigenvalue weighted by atomic mass is 32.2. The largest absolute Gasteiger partial charge is 0.493 e. The Morgan fingerprint density at radius 1 is 1.19 bits per heavy atom. The fourth-order valence-corrected chi connectivity index (χ4v) is 3.20. The number of nitrogens with one attached hydrogen (secondary N) is 1. The molecule has 0 radical (unpaired) electrons. The second kappa shape index (κ2) is 10.7. The summed E-state index contributed by atoms with van der Waals surface area (Å²) < 4.78 is 10.8. The van der Waals surface area contributed by atoms with Crippen molar-refractivity contribution in [1.82, 2.24) is 5.32 Å². The van der Waals surface area contributed by atoms with Crippen molar-refractivity contribution in [2.24, 2.45) is 0 Å². The Kier molecular flexibility index (Phi) is 8.31. The van der Waals surface area contributed by atoms with Crippen LogP contribution >= 0.6 is 11.8 Å². The van der Waals surface area contributed by atoms with E-state index in [1.165, 1.54) is 11.8 Å². The number of carbonyl (C=O) groups excluding carboxylic acids is 1. The summed E-state index contributed by atoms with van der Waals surface area (Å²) in [6.45, 7) is 2.90. The molecule has 0 aliphatic carbocycles. The third kappa shape index (κ3) is 6.28. The monoisotopic (exact) mass is 375 g/mol. The van der Waals surface area contributed by atoms with E-state index in [1.807, 2.05) is 55.5 Å². The van der Waals surface area contributed by atoms with Crippen molar-refractivity contribution < 1.29 is 19.4 Å². The average molecular weight is 375 g/mol. The van der Waals surface area contributed by atoms with E-state index in [2.05, 4.69) is 5.32 Å². The van der Waals surface area contributed by atoms with Gasteiger partial charge in [-0.05, 0) is 30.2 Å². The topological polar surface area (TPSA) is 67.8 Å². The molecular weight excluding hydrogens is 350 g/mol. The predicted molar refractivity (Wildman–Crippen MR) is 105 cm³/mol. The van der Waals surface area contributed by atoms with Gasteiger partial charge in [-0.25, -0.2) is 0 Å². The van der Waals surface area contributed by atoms with Crippen molar-refractivity contribution in [3.8, 4) is 11.5 Å². The molecular formula is C20H25NO4S. The molecule has 1 unspecified atom stereocenters. The summed E-state index contributed by atoms with van der Waals surface area (Å²) in [5.41, 5.74) is 1.80. The van der Waals surface area contributed by atoms with Crippen molar-refractivity contribution >= 4 is 17.7 Å². The summed E-state index contributed by atoms with van der Waals surface area (Å²) in [5.74, 6) is 2.06. The molecule has 0 saturated heterocycles. The smallest absolute Gasteiger partial charge is 0.230 e. The molecule has 0 spiro atoms. The van der Waals surface area contributed by atoms with Crippen LogP contribution in [0, 0.1) is 0 Å². The SMILES string of the molecule is CCOc1ccc(CNC(=O)CSCC(O)c2ccccc2)cc1OC. The second-order valence-electron chi connectivity index (χ2n) is 5.64. The van der Waals surface area contributed by atoms with Crippen LogP contribution in [0.4, 0.5) is 0 Å². The van der Waals surface area contributed by atoms with Gasteiger partial charge in [0, 0.05) is 12.3 Å². The van der Waals surface area contributed by atoms with Crippen LogP contribution in [0.15, 0.2) is 48.5 Å². The highest BCUT2D eigenvalue weighted by Gasteiger charge is 2.10. The molecule has 2 aromatic rings. The first-order valence-electron chi connectivity index (χ1n) is 8.51. The van der Waals surface area contributed by atoms with E-state index in [-0.39, 0.29) is 5.91 Å². The number of aliphatic hydroxyl groups is 1. The molecule has 2 aromatic carbocycles. The number of aliphatic hydroxyl groups excluding tert-OH is 1. The normalized spacial score (nSPS) is 11.7. The lowest BCUT2D eigenvalue weighted by molar-refractivity contribution is -0.118. The maximum Gasteiger partial charge on any atom is 0.230 e. The van der Waals surface area contributed by atoms with Gasteiger partial charge in [-0.2, -0.15) is 0 Å². The Hall–Kier alpha value is -2.18. The van der Waals surface area contributed by atoms with E-state index in [1.54, 1.807) is 7.11 Å². The van der Waals surface area contributed by atoms with E-state index in [4.69, 9.17) is 9.47 Å². The molecule has 6 heteroatoms. The van der Waals surface area contributed by atoms with E-state index in [0.29, 0.717) is 36.2 Å². The number of hydrogen-bond acceptors (Lipinski definition) is 5. The maximum atomic E-state index is 12.0. The minimum Gasteiger partial charge on any atom is -0.493 e. The minimum atomic E-state index is -0.565. The fourth-order valence-electron chi connectivity index (χ4n) is 2.38. The van der Waals surface area contributed by atoms with Crippen molar-refractivity contribution in [3.63, 3.8) is 0 Å². The first kappa shape index (κ1) is 20.1. The van der Waals surface area contributed by atoms with Crippen LogP contribution < -0.4 is 14.8 Å². The zero-order chi connectivity index (χ0) is 18.8. The highest BCUT2D eigenvalue weighted by molar-refractivity contribution is 7.99. The van der Waals surface area contributed by atoms with Crippen LogP contribution in [0.2, 0.25) is 0 Å². The number of carbonyl (C=O) groups is 1. The molecule has 0 saturated carbocycles. The lowest BCUT2D eigenvalue weighted by Crippen LogP contribution is -2.25. The molecule has 0 bridgehead atoms. The molecule has 2 rings (SSSR count). The Labute approximate surface area is 158 Å². The van der Waals surface area contributed by atoms with Gasteiger partial charge in [0.05, 0.1) is 25.6 Å². The summed E-state index contributed by atoms with van der Waals surface area (Å²) in [4.78, 5) is 12.0. The lowest BCUT2D eigenvalue weighted by atomic mass is 10.1. The number of ether oxygens (including phenoxy) is 2. The second-order valence-corrected chi connectivity index (χ2v) is 6.67. The third-order valence-corrected chi connectivity index (χ3v) is 4.73. The number of hydrogen-bond donors (Lipinski definition) is 2. The molecule has 1 amide bonds. The third-order valence-electron chi connectivity index (χ3n) is 3.71. The molecule has 26 heavy (non-hydrogen) atoms. The molecule has 0 fully saturated rings. The Morgan fingerprint density at radius 3 is 2.65 bits per heavy atom. The summed E-state index contributed by atoms with van der Waals surface area (Å²) in [6.07, 6.45) is -0.565. The van der Waals surface area contributed by atoms with Crippen LogP contribution in [0.1, 0.15) is 24.2 Å². The Bertz CT molecular complexity index is 693. The standard InChI is InChI=1S/C20H25NO4S/c1-3-25-18-10-9-15(11-19(18)24-2)12-21-20(23)14-26-13-17(22)16-7-5-4-6-8-16/h4-11,17,22H,3,12-14H2,1-2H3,(H,21,23). The quantitative estimate of drug-likeness (QED) is 0.668. The van der Waals surface area contributed by atoms with Crippen LogP contribution in [0.3, 0.4) is 0 Å². The zero-order valence-electron chi connectivity index (χ0n) is 15.1. The van der Waals surface area contributed by atoms with Gasteiger partial charge < -0.3 is 19.9 Å². The van der Waals surface area contributed by atoms with E-state index in [0.717, 1.165) is 11.1 Å². The molecule has 0 aliphatic heterocycles. The summed E-state index contributed by atoms with van der Waals surface area (Å²) in [7, 11) is 1.59. The van der Waals surface area contributed by atoms with Crippen molar-refractivity contribution in [3.05, 3.63) is 59.7 Å². The molecule has 5 nitrogen and oxygen atoms in total. The molecule has 0 aromatic heterocycles. The van der Waals surface area contributed by atoms with Gasteiger partial charge >= 0.3 is 0 Å². The van der Waals surface area contributed by atoms with E-state index < -0.39 is 6.10 Å². The van der Waals surface area contributed by atoms with E-state index >= 15 is 0 Å². The first-order valence-corrected chi connectivity index (χ1v) is 9.66. The van der Waals surface area contributed by atoms with Crippen molar-refractivity contribution in [2.75, 3.05) is 25.2 Å². The molecule has 0 aliphatic rings. The number of rotatable bonds is 10. The van der Waals surface area contributed by atoms with Gasteiger partial charge in [0.2, 0.25) is 5.91 Å². The molecule has 2 N–H and O–H groups in total. The van der Waals surface area contributed by atoms with Gasteiger partial charge in [-0.3, -0.25) is 4.79 Å². The number of methoxy groups -OCH3 is 1. The highest BCUT2D eigenvalue weighted by Crippen LogP contribution is 2.28.